The third kappa shape index (κ3) is 5.25. The number of piperidine rings is 1. The van der Waals surface area contributed by atoms with Crippen LogP contribution in [0.2, 0.25) is 0 Å². The van der Waals surface area contributed by atoms with Crippen LogP contribution in [0, 0.1) is 0 Å². The van der Waals surface area contributed by atoms with Crippen molar-refractivity contribution in [2.45, 2.75) is 43.7 Å². The van der Waals surface area contributed by atoms with E-state index >= 15 is 0 Å². The molecule has 2 rings (SSSR count). The molecule has 23 heavy (non-hydrogen) atoms. The lowest BCUT2D eigenvalue weighted by molar-refractivity contribution is -0.119. The molecular weight excluding hydrogens is 310 g/mol. The number of hydrogen-bond acceptors (Lipinski definition) is 4. The van der Waals surface area contributed by atoms with Crippen LogP contribution in [0.25, 0.3) is 0 Å². The second-order valence-corrected chi connectivity index (χ2v) is 7.15. The molecule has 0 aromatic heterocycles. The van der Waals surface area contributed by atoms with Gasteiger partial charge in [-0.2, -0.15) is 0 Å². The Hall–Kier alpha value is -1.53. The first-order valence-electron chi connectivity index (χ1n) is 8.03. The third-order valence-corrected chi connectivity index (χ3v) is 4.83. The van der Waals surface area contributed by atoms with Crippen LogP contribution in [-0.4, -0.2) is 47.6 Å². The number of nitrogens with one attached hydrogen (secondary N) is 1. The van der Waals surface area contributed by atoms with E-state index in [4.69, 9.17) is 5.73 Å². The average molecular weight is 335 g/mol. The van der Waals surface area contributed by atoms with E-state index < -0.39 is 0 Å². The molecule has 0 spiro atoms. The summed E-state index contributed by atoms with van der Waals surface area (Å²) in [7, 11) is 0. The second-order valence-electron chi connectivity index (χ2n) is 6.14. The summed E-state index contributed by atoms with van der Waals surface area (Å²) in [5.41, 5.74) is 6.57. The first-order chi connectivity index (χ1) is 11.0. The Bertz CT molecular complexity index is 555. The molecule has 3 N–H and O–H groups in total. The largest absolute Gasteiger partial charge is 0.353 e. The van der Waals surface area contributed by atoms with Gasteiger partial charge >= 0.3 is 0 Å². The van der Waals surface area contributed by atoms with Crippen molar-refractivity contribution in [2.24, 2.45) is 5.73 Å². The fraction of sp³-hybridized carbons (Fsp3) is 0.529. The van der Waals surface area contributed by atoms with Gasteiger partial charge in [0.15, 0.2) is 0 Å². The number of hydrogen-bond donors (Lipinski definition) is 2. The maximum Gasteiger partial charge on any atom is 0.254 e. The highest BCUT2D eigenvalue weighted by Gasteiger charge is 2.23. The lowest BCUT2D eigenvalue weighted by Gasteiger charge is -2.30. The van der Waals surface area contributed by atoms with E-state index in [-0.39, 0.29) is 23.9 Å². The van der Waals surface area contributed by atoms with Gasteiger partial charge in [0.25, 0.3) is 5.91 Å². The molecule has 1 fully saturated rings. The van der Waals surface area contributed by atoms with Crippen LogP contribution in [-0.2, 0) is 4.79 Å². The van der Waals surface area contributed by atoms with Crippen molar-refractivity contribution in [1.82, 2.24) is 10.2 Å². The van der Waals surface area contributed by atoms with Gasteiger partial charge < -0.3 is 16.0 Å². The number of nitrogens with two attached hydrogens (primary N) is 1. The molecule has 0 saturated carbocycles. The molecule has 0 atom stereocenters. The Morgan fingerprint density at radius 2 is 1.96 bits per heavy atom. The van der Waals surface area contributed by atoms with Crippen molar-refractivity contribution >= 4 is 23.6 Å². The molecule has 1 aromatic rings. The fourth-order valence-corrected chi connectivity index (χ4v) is 3.40. The van der Waals surface area contributed by atoms with Crippen molar-refractivity contribution in [1.29, 1.82) is 0 Å². The number of amides is 2. The summed E-state index contributed by atoms with van der Waals surface area (Å²) >= 11 is 1.41. The van der Waals surface area contributed by atoms with E-state index in [1.165, 1.54) is 11.8 Å². The third-order valence-electron chi connectivity index (χ3n) is 3.75. The Labute approximate surface area is 142 Å². The maximum absolute atomic E-state index is 12.7. The topological polar surface area (TPSA) is 75.4 Å². The molecule has 0 bridgehead atoms. The molecule has 1 heterocycles. The Balaban J connectivity index is 2.02. The summed E-state index contributed by atoms with van der Waals surface area (Å²) in [6.07, 6.45) is 1.69. The molecule has 1 aliphatic rings. The number of carbonyl (C=O) groups is 2. The fourth-order valence-electron chi connectivity index (χ4n) is 2.55. The van der Waals surface area contributed by atoms with Gasteiger partial charge in [-0.15, -0.1) is 11.8 Å². The minimum atomic E-state index is -0.0174. The van der Waals surface area contributed by atoms with Crippen LogP contribution in [0.5, 0.6) is 0 Å². The summed E-state index contributed by atoms with van der Waals surface area (Å²) in [4.78, 5) is 27.2. The molecule has 2 amide bonds. The molecule has 5 nitrogen and oxygen atoms in total. The number of likely N-dealkylation sites (tertiary alicyclic amines) is 1. The quantitative estimate of drug-likeness (QED) is 0.806. The van der Waals surface area contributed by atoms with Crippen LogP contribution < -0.4 is 11.1 Å². The van der Waals surface area contributed by atoms with E-state index in [1.807, 2.05) is 43.0 Å². The van der Waals surface area contributed by atoms with Crippen LogP contribution in [0.4, 0.5) is 0 Å². The first kappa shape index (κ1) is 17.8. The molecule has 6 heteroatoms. The van der Waals surface area contributed by atoms with Gasteiger partial charge in [0, 0.05) is 30.1 Å². The first-order valence-corrected chi connectivity index (χ1v) is 9.02. The summed E-state index contributed by atoms with van der Waals surface area (Å²) in [5.74, 6) is 0.327. The van der Waals surface area contributed by atoms with Gasteiger partial charge in [-0.3, -0.25) is 9.59 Å². The van der Waals surface area contributed by atoms with Crippen LogP contribution in [0.1, 0.15) is 37.0 Å². The summed E-state index contributed by atoms with van der Waals surface area (Å²) < 4.78 is 0. The molecule has 0 aliphatic carbocycles. The molecular formula is C17H25N3O2S. The van der Waals surface area contributed by atoms with E-state index in [0.29, 0.717) is 24.4 Å². The van der Waals surface area contributed by atoms with Gasteiger partial charge in [0.05, 0.1) is 11.3 Å². The zero-order chi connectivity index (χ0) is 16.8. The molecule has 1 saturated heterocycles. The molecule has 0 radical (unpaired) electrons. The van der Waals surface area contributed by atoms with E-state index in [2.05, 4.69) is 5.32 Å². The molecule has 0 unspecified atom stereocenters. The number of rotatable bonds is 5. The summed E-state index contributed by atoms with van der Waals surface area (Å²) in [6.45, 7) is 5.27. The predicted molar refractivity (Wildman–Crippen MR) is 93.6 cm³/mol. The highest BCUT2D eigenvalue weighted by atomic mass is 32.2. The lowest BCUT2D eigenvalue weighted by atomic mass is 10.0. The number of benzene rings is 1. The SMILES string of the molecule is CC(C)NC(=O)CSc1ccccc1C(=O)N1CCC(N)CC1. The second kappa shape index (κ2) is 8.36. The number of carbonyl (C=O) groups excluding carboxylic acids is 2. The van der Waals surface area contributed by atoms with Crippen LogP contribution in [0.3, 0.4) is 0 Å². The highest BCUT2D eigenvalue weighted by Crippen LogP contribution is 2.24. The van der Waals surface area contributed by atoms with Gasteiger partial charge in [-0.25, -0.2) is 0 Å². The highest BCUT2D eigenvalue weighted by molar-refractivity contribution is 8.00. The number of nitrogens with zero attached hydrogens (tertiary/aromatic N) is 1. The van der Waals surface area contributed by atoms with E-state index in [1.54, 1.807) is 0 Å². The summed E-state index contributed by atoms with van der Waals surface area (Å²) in [6, 6.07) is 7.81. The number of thioether (sulfide) groups is 1. The standard InChI is InChI=1S/C17H25N3O2S/c1-12(2)19-16(21)11-23-15-6-4-3-5-14(15)17(22)20-9-7-13(18)8-10-20/h3-6,12-13H,7-11,18H2,1-2H3,(H,19,21). The lowest BCUT2D eigenvalue weighted by Crippen LogP contribution is -2.43. The normalized spacial score (nSPS) is 15.7. The zero-order valence-electron chi connectivity index (χ0n) is 13.7. The maximum atomic E-state index is 12.7. The minimum absolute atomic E-state index is 0.0174. The van der Waals surface area contributed by atoms with Crippen molar-refractivity contribution in [3.8, 4) is 0 Å². The van der Waals surface area contributed by atoms with Crippen LogP contribution >= 0.6 is 11.8 Å². The van der Waals surface area contributed by atoms with Gasteiger partial charge in [-0.1, -0.05) is 12.1 Å². The molecule has 1 aliphatic heterocycles. The van der Waals surface area contributed by atoms with Gasteiger partial charge in [0.1, 0.15) is 0 Å². The smallest absolute Gasteiger partial charge is 0.254 e. The summed E-state index contributed by atoms with van der Waals surface area (Å²) in [5, 5.41) is 2.86. The zero-order valence-corrected chi connectivity index (χ0v) is 14.6. The predicted octanol–water partition coefficient (Wildman–Crippen LogP) is 1.87. The van der Waals surface area contributed by atoms with Crippen molar-refractivity contribution < 1.29 is 9.59 Å². The van der Waals surface area contributed by atoms with Crippen molar-refractivity contribution in [2.75, 3.05) is 18.8 Å². The average Bonchev–Trinajstić information content (AvgIpc) is 2.52. The van der Waals surface area contributed by atoms with Gasteiger partial charge in [-0.05, 0) is 38.8 Å². The van der Waals surface area contributed by atoms with Crippen LogP contribution in [0.15, 0.2) is 29.2 Å². The Kier molecular flexibility index (Phi) is 6.47. The van der Waals surface area contributed by atoms with Gasteiger partial charge in [0.2, 0.25) is 5.91 Å². The van der Waals surface area contributed by atoms with E-state index in [0.717, 1.165) is 17.7 Å². The molecule has 1 aromatic carbocycles. The minimum Gasteiger partial charge on any atom is -0.353 e. The van der Waals surface area contributed by atoms with Crippen molar-refractivity contribution in [3.05, 3.63) is 29.8 Å². The monoisotopic (exact) mass is 335 g/mol. The molecule has 126 valence electrons. The van der Waals surface area contributed by atoms with E-state index in [9.17, 15) is 9.59 Å². The van der Waals surface area contributed by atoms with Crippen molar-refractivity contribution in [3.63, 3.8) is 0 Å². The Morgan fingerprint density at radius 3 is 2.61 bits per heavy atom. The Morgan fingerprint density at radius 1 is 1.30 bits per heavy atom.